The summed E-state index contributed by atoms with van der Waals surface area (Å²) >= 11 is 3.28. The highest BCUT2D eigenvalue weighted by Crippen LogP contribution is 2.17. The number of hydrogen-bond acceptors (Lipinski definition) is 2. The number of nitriles is 1. The van der Waals surface area contributed by atoms with Crippen LogP contribution in [0.5, 0.6) is 0 Å². The Hall–Kier alpha value is -1.60. The topological polar surface area (TPSA) is 41.6 Å². The van der Waals surface area contributed by atoms with Crippen LogP contribution in [-0.2, 0) is 0 Å². The second-order valence-corrected chi connectivity index (χ2v) is 4.07. The summed E-state index contributed by atoms with van der Waals surface area (Å²) in [5, 5.41) is 12.9. The number of nitrogens with zero attached hydrogens (tertiary/aromatic N) is 3. The van der Waals surface area contributed by atoms with Crippen LogP contribution in [0, 0.1) is 18.3 Å². The Bertz CT molecular complexity index is 520. The van der Waals surface area contributed by atoms with Crippen LogP contribution in [0.25, 0.3) is 5.69 Å². The van der Waals surface area contributed by atoms with Crippen LogP contribution in [0.15, 0.2) is 34.9 Å². The molecule has 1 aromatic carbocycles. The molecule has 15 heavy (non-hydrogen) atoms. The van der Waals surface area contributed by atoms with Gasteiger partial charge in [0.05, 0.1) is 10.2 Å². The lowest BCUT2D eigenvalue weighted by molar-refractivity contribution is 0.872. The molecule has 1 heterocycles. The summed E-state index contributed by atoms with van der Waals surface area (Å²) in [4.78, 5) is 0. The minimum atomic E-state index is 0.399. The van der Waals surface area contributed by atoms with Crippen molar-refractivity contribution in [1.29, 1.82) is 5.26 Å². The molecule has 0 N–H and O–H groups in total. The van der Waals surface area contributed by atoms with Gasteiger partial charge < -0.3 is 0 Å². The van der Waals surface area contributed by atoms with Gasteiger partial charge in [-0.3, -0.25) is 0 Å². The van der Waals surface area contributed by atoms with Crippen molar-refractivity contribution >= 4 is 15.9 Å². The van der Waals surface area contributed by atoms with E-state index in [0.717, 1.165) is 5.69 Å². The summed E-state index contributed by atoms with van der Waals surface area (Å²) in [6, 6.07) is 9.98. The van der Waals surface area contributed by atoms with Gasteiger partial charge >= 0.3 is 0 Å². The first kappa shape index (κ1) is 9.94. The predicted octanol–water partition coefficient (Wildman–Crippen LogP) is 2.81. The third kappa shape index (κ3) is 1.92. The molecule has 0 aliphatic carbocycles. The zero-order chi connectivity index (χ0) is 10.8. The molecule has 0 bridgehead atoms. The van der Waals surface area contributed by atoms with E-state index in [1.165, 1.54) is 5.56 Å². The Kier molecular flexibility index (Phi) is 2.57. The van der Waals surface area contributed by atoms with E-state index in [2.05, 4.69) is 21.0 Å². The van der Waals surface area contributed by atoms with Gasteiger partial charge in [0.25, 0.3) is 0 Å². The molecule has 0 unspecified atom stereocenters. The fraction of sp³-hybridized carbons (Fsp3) is 0.0909. The highest BCUT2D eigenvalue weighted by molar-refractivity contribution is 9.10. The van der Waals surface area contributed by atoms with Gasteiger partial charge in [-0.2, -0.15) is 10.4 Å². The van der Waals surface area contributed by atoms with Gasteiger partial charge in [-0.1, -0.05) is 17.7 Å². The first-order valence-electron chi connectivity index (χ1n) is 4.43. The number of aryl methyl sites for hydroxylation is 1. The van der Waals surface area contributed by atoms with Crippen molar-refractivity contribution in [2.75, 3.05) is 0 Å². The molecule has 0 saturated heterocycles. The first-order chi connectivity index (χ1) is 7.20. The van der Waals surface area contributed by atoms with Crippen LogP contribution in [-0.4, -0.2) is 9.78 Å². The average molecular weight is 262 g/mol. The fourth-order valence-corrected chi connectivity index (χ4v) is 1.62. The highest BCUT2D eigenvalue weighted by atomic mass is 79.9. The number of hydrogen-bond donors (Lipinski definition) is 0. The number of halogens is 1. The van der Waals surface area contributed by atoms with E-state index in [0.29, 0.717) is 10.2 Å². The molecule has 2 rings (SSSR count). The summed E-state index contributed by atoms with van der Waals surface area (Å²) in [5.74, 6) is 0. The van der Waals surface area contributed by atoms with Gasteiger partial charge in [0.2, 0.25) is 0 Å². The summed E-state index contributed by atoms with van der Waals surface area (Å²) in [6.07, 6.45) is 1.78. The number of aromatic nitrogens is 2. The lowest BCUT2D eigenvalue weighted by atomic mass is 10.2. The van der Waals surface area contributed by atoms with Crippen molar-refractivity contribution in [2.24, 2.45) is 0 Å². The zero-order valence-corrected chi connectivity index (χ0v) is 9.69. The molecule has 74 valence electrons. The maximum absolute atomic E-state index is 8.77. The van der Waals surface area contributed by atoms with Gasteiger partial charge in [0, 0.05) is 6.20 Å². The van der Waals surface area contributed by atoms with E-state index in [4.69, 9.17) is 5.26 Å². The van der Waals surface area contributed by atoms with Crippen LogP contribution in [0.3, 0.4) is 0 Å². The quantitative estimate of drug-likeness (QED) is 0.792. The Morgan fingerprint density at radius 2 is 2.00 bits per heavy atom. The Morgan fingerprint density at radius 1 is 1.33 bits per heavy atom. The van der Waals surface area contributed by atoms with E-state index >= 15 is 0 Å². The lowest BCUT2D eigenvalue weighted by Crippen LogP contribution is -1.94. The maximum Gasteiger partial charge on any atom is 0.177 e. The third-order valence-corrected chi connectivity index (χ3v) is 2.65. The third-order valence-electron chi connectivity index (χ3n) is 2.07. The second kappa shape index (κ2) is 3.87. The highest BCUT2D eigenvalue weighted by Gasteiger charge is 2.06. The maximum atomic E-state index is 8.77. The van der Waals surface area contributed by atoms with E-state index in [-0.39, 0.29) is 0 Å². The molecule has 1 aromatic heterocycles. The molecular formula is C11H8BrN3. The van der Waals surface area contributed by atoms with Crippen LogP contribution in [0.4, 0.5) is 0 Å². The van der Waals surface area contributed by atoms with Crippen molar-refractivity contribution in [3.8, 4) is 11.8 Å². The van der Waals surface area contributed by atoms with E-state index in [1.807, 2.05) is 37.3 Å². The molecular weight excluding hydrogens is 254 g/mol. The summed E-state index contributed by atoms with van der Waals surface area (Å²) in [5.41, 5.74) is 2.55. The molecule has 0 aliphatic rings. The van der Waals surface area contributed by atoms with Crippen LogP contribution in [0.1, 0.15) is 11.3 Å². The second-order valence-electron chi connectivity index (χ2n) is 3.22. The van der Waals surface area contributed by atoms with Gasteiger partial charge in [0.1, 0.15) is 6.07 Å². The van der Waals surface area contributed by atoms with Gasteiger partial charge in [-0.25, -0.2) is 4.68 Å². The Morgan fingerprint density at radius 3 is 2.53 bits per heavy atom. The number of benzene rings is 1. The van der Waals surface area contributed by atoms with Crippen molar-refractivity contribution in [1.82, 2.24) is 9.78 Å². The first-order valence-corrected chi connectivity index (χ1v) is 5.22. The summed E-state index contributed by atoms with van der Waals surface area (Å²) in [7, 11) is 0. The van der Waals surface area contributed by atoms with Crippen LogP contribution in [0.2, 0.25) is 0 Å². The van der Waals surface area contributed by atoms with Gasteiger partial charge in [0.15, 0.2) is 5.69 Å². The van der Waals surface area contributed by atoms with Gasteiger partial charge in [-0.05, 0) is 35.0 Å². The smallest absolute Gasteiger partial charge is 0.177 e. The van der Waals surface area contributed by atoms with Crippen molar-refractivity contribution < 1.29 is 0 Å². The van der Waals surface area contributed by atoms with E-state index in [1.54, 1.807) is 10.9 Å². The fourth-order valence-electron chi connectivity index (χ4n) is 1.26. The molecule has 0 amide bonds. The minimum Gasteiger partial charge on any atom is -0.238 e. The van der Waals surface area contributed by atoms with Crippen LogP contribution < -0.4 is 0 Å². The predicted molar refractivity (Wildman–Crippen MR) is 60.7 cm³/mol. The lowest BCUT2D eigenvalue weighted by Gasteiger charge is -2.00. The molecule has 2 aromatic rings. The molecule has 0 fully saturated rings. The van der Waals surface area contributed by atoms with E-state index in [9.17, 15) is 0 Å². The average Bonchev–Trinajstić information content (AvgIpc) is 2.61. The SMILES string of the molecule is Cc1ccc(-n2cc(Br)c(C#N)n2)cc1. The molecule has 3 nitrogen and oxygen atoms in total. The van der Waals surface area contributed by atoms with Crippen molar-refractivity contribution in [2.45, 2.75) is 6.92 Å². The normalized spacial score (nSPS) is 9.93. The monoisotopic (exact) mass is 261 g/mol. The van der Waals surface area contributed by atoms with Crippen molar-refractivity contribution in [3.05, 3.63) is 46.2 Å². The summed E-state index contributed by atoms with van der Waals surface area (Å²) in [6.45, 7) is 2.03. The molecule has 0 atom stereocenters. The number of rotatable bonds is 1. The van der Waals surface area contributed by atoms with Gasteiger partial charge in [-0.15, -0.1) is 0 Å². The Labute approximate surface area is 96.1 Å². The summed E-state index contributed by atoms with van der Waals surface area (Å²) < 4.78 is 2.40. The van der Waals surface area contributed by atoms with E-state index < -0.39 is 0 Å². The largest absolute Gasteiger partial charge is 0.238 e. The molecule has 0 aliphatic heterocycles. The van der Waals surface area contributed by atoms with Crippen molar-refractivity contribution in [3.63, 3.8) is 0 Å². The van der Waals surface area contributed by atoms with Crippen LogP contribution >= 0.6 is 15.9 Å². The molecule has 0 saturated carbocycles. The minimum absolute atomic E-state index is 0.399. The molecule has 4 heteroatoms. The zero-order valence-electron chi connectivity index (χ0n) is 8.11. The Balaban J connectivity index is 2.46. The molecule has 0 spiro atoms. The standard InChI is InChI=1S/C11H8BrN3/c1-8-2-4-9(5-3-8)15-7-10(12)11(6-13)14-15/h2-5,7H,1H3. The molecule has 0 radical (unpaired) electrons.